The SMILES string of the molecule is C.C1CCNC1.CC.CCC1CC=C(c2nn(-c3cccc(C)c3)ccc2=O)C(C)C(c2ccccc2F)C1.CO. The van der Waals surface area contributed by atoms with Crippen molar-refractivity contribution >= 4 is 5.57 Å². The van der Waals surface area contributed by atoms with Gasteiger partial charge in [0.15, 0.2) is 0 Å². The predicted octanol–water partition coefficient (Wildman–Crippen LogP) is 7.94. The highest BCUT2D eigenvalue weighted by Gasteiger charge is 2.31. The second-order valence-corrected chi connectivity index (χ2v) is 10.1. The van der Waals surface area contributed by atoms with Crippen molar-refractivity contribution in [3.63, 3.8) is 0 Å². The molecule has 226 valence electrons. The third kappa shape index (κ3) is 10.0. The van der Waals surface area contributed by atoms with E-state index in [1.165, 1.54) is 32.0 Å². The van der Waals surface area contributed by atoms with Gasteiger partial charge in [-0.15, -0.1) is 0 Å². The summed E-state index contributed by atoms with van der Waals surface area (Å²) in [5.41, 5.74) is 4.08. The van der Waals surface area contributed by atoms with Crippen LogP contribution < -0.4 is 10.7 Å². The number of aliphatic hydroxyl groups is 1. The van der Waals surface area contributed by atoms with Crippen LogP contribution in [0.3, 0.4) is 0 Å². The number of benzene rings is 2. The van der Waals surface area contributed by atoms with Crippen molar-refractivity contribution in [1.82, 2.24) is 15.1 Å². The minimum absolute atomic E-state index is 0. The lowest BCUT2D eigenvalue weighted by Gasteiger charge is -2.27. The van der Waals surface area contributed by atoms with Gasteiger partial charge < -0.3 is 10.4 Å². The summed E-state index contributed by atoms with van der Waals surface area (Å²) in [7, 11) is 1.00. The maximum atomic E-state index is 14.7. The lowest BCUT2D eigenvalue weighted by atomic mass is 9.78. The molecular formula is C35H52FN3O2. The molecule has 5 nitrogen and oxygen atoms in total. The molecule has 3 unspecified atom stereocenters. The molecule has 2 N–H and O–H groups in total. The van der Waals surface area contributed by atoms with E-state index in [1.54, 1.807) is 23.0 Å². The van der Waals surface area contributed by atoms with Crippen LogP contribution in [0.1, 0.15) is 90.0 Å². The highest BCUT2D eigenvalue weighted by atomic mass is 19.1. The number of aliphatic hydroxyl groups excluding tert-OH is 1. The Labute approximate surface area is 247 Å². The Hall–Kier alpha value is -3.09. The van der Waals surface area contributed by atoms with Gasteiger partial charge in [-0.1, -0.05) is 78.0 Å². The van der Waals surface area contributed by atoms with Crippen LogP contribution in [-0.4, -0.2) is 35.1 Å². The molecule has 6 heteroatoms. The molecule has 3 atom stereocenters. The first-order valence-corrected chi connectivity index (χ1v) is 14.7. The van der Waals surface area contributed by atoms with Gasteiger partial charge in [0.1, 0.15) is 11.5 Å². The molecular weight excluding hydrogens is 513 g/mol. The highest BCUT2D eigenvalue weighted by Crippen LogP contribution is 2.43. The van der Waals surface area contributed by atoms with E-state index in [2.05, 4.69) is 25.2 Å². The van der Waals surface area contributed by atoms with E-state index in [4.69, 9.17) is 10.2 Å². The van der Waals surface area contributed by atoms with E-state index in [0.717, 1.165) is 48.8 Å². The van der Waals surface area contributed by atoms with Crippen molar-refractivity contribution in [1.29, 1.82) is 0 Å². The Bertz CT molecular complexity index is 1240. The molecule has 0 saturated carbocycles. The lowest BCUT2D eigenvalue weighted by molar-refractivity contribution is 0.392. The molecule has 1 aliphatic carbocycles. The van der Waals surface area contributed by atoms with Gasteiger partial charge in [0.25, 0.3) is 0 Å². The van der Waals surface area contributed by atoms with Gasteiger partial charge in [-0.05, 0) is 98.3 Å². The second kappa shape index (κ2) is 19.1. The summed E-state index contributed by atoms with van der Waals surface area (Å²) in [6.45, 7) is 12.8. The Morgan fingerprint density at radius 1 is 1.05 bits per heavy atom. The molecule has 2 aliphatic rings. The van der Waals surface area contributed by atoms with E-state index >= 15 is 0 Å². The third-order valence-electron chi connectivity index (χ3n) is 7.54. The van der Waals surface area contributed by atoms with Gasteiger partial charge in [-0.2, -0.15) is 5.10 Å². The van der Waals surface area contributed by atoms with Crippen molar-refractivity contribution in [3.8, 4) is 5.69 Å². The predicted molar refractivity (Wildman–Crippen MR) is 172 cm³/mol. The molecule has 2 aromatic carbocycles. The van der Waals surface area contributed by atoms with Gasteiger partial charge in [-0.3, -0.25) is 4.79 Å². The molecule has 1 fully saturated rings. The molecule has 2 heterocycles. The molecule has 3 aromatic rings. The van der Waals surface area contributed by atoms with Crippen molar-refractivity contribution in [2.24, 2.45) is 11.8 Å². The number of rotatable bonds is 4. The molecule has 1 aliphatic heterocycles. The van der Waals surface area contributed by atoms with E-state index < -0.39 is 0 Å². The minimum Gasteiger partial charge on any atom is -0.400 e. The monoisotopic (exact) mass is 565 g/mol. The second-order valence-electron chi connectivity index (χ2n) is 10.1. The zero-order valence-electron chi connectivity index (χ0n) is 25.2. The normalized spacial score (nSPS) is 19.4. The largest absolute Gasteiger partial charge is 0.400 e. The third-order valence-corrected chi connectivity index (χ3v) is 7.54. The number of halogens is 1. The Morgan fingerprint density at radius 2 is 1.73 bits per heavy atom. The summed E-state index contributed by atoms with van der Waals surface area (Å²) in [5, 5.41) is 15.0. The van der Waals surface area contributed by atoms with Gasteiger partial charge in [0.2, 0.25) is 5.43 Å². The zero-order valence-corrected chi connectivity index (χ0v) is 25.2. The first-order valence-electron chi connectivity index (χ1n) is 14.7. The summed E-state index contributed by atoms with van der Waals surface area (Å²) in [6.07, 6.45) is 9.46. The average Bonchev–Trinajstić information content (AvgIpc) is 3.54. The molecule has 5 rings (SSSR count). The van der Waals surface area contributed by atoms with Gasteiger partial charge in [0, 0.05) is 19.4 Å². The van der Waals surface area contributed by atoms with E-state index in [0.29, 0.717) is 11.6 Å². The standard InChI is InChI=1S/C27H29FN2O.C4H9N.C2H6.CH4O.CH4/c1-4-20-12-13-22(19(3)24(17-20)23-10-5-6-11-25(23)28)27-26(31)14-15-30(29-27)21-9-7-8-18(2)16-21;1-2-4-5-3-1;2*1-2;/h5-11,13-16,19-20,24H,4,12,17H2,1-3H3;5H,1-4H2;1-2H3;2H,1H3;1H4. The van der Waals surface area contributed by atoms with Crippen LogP contribution in [0.4, 0.5) is 4.39 Å². The summed E-state index contributed by atoms with van der Waals surface area (Å²) in [5.74, 6) is 0.275. The van der Waals surface area contributed by atoms with Crippen LogP contribution in [0.15, 0.2) is 71.7 Å². The Kier molecular flexibility index (Phi) is 16.7. The number of hydrogen-bond donors (Lipinski definition) is 2. The smallest absolute Gasteiger partial charge is 0.207 e. The fraction of sp³-hybridized carbons (Fsp3) is 0.486. The van der Waals surface area contributed by atoms with Crippen LogP contribution in [0, 0.1) is 24.6 Å². The summed E-state index contributed by atoms with van der Waals surface area (Å²) in [6, 6.07) is 16.7. The number of nitrogens with one attached hydrogen (secondary N) is 1. The topological polar surface area (TPSA) is 67.2 Å². The molecule has 0 radical (unpaired) electrons. The van der Waals surface area contributed by atoms with Crippen LogP contribution in [0.2, 0.25) is 0 Å². The molecule has 1 saturated heterocycles. The van der Waals surface area contributed by atoms with Gasteiger partial charge in [0.05, 0.1) is 5.69 Å². The molecule has 1 aromatic heterocycles. The number of nitrogens with zero attached hydrogens (tertiary/aromatic N) is 2. The first kappa shape index (κ1) is 35.9. The van der Waals surface area contributed by atoms with E-state index in [1.807, 2.05) is 57.2 Å². The number of aryl methyl sites for hydroxylation is 1. The number of hydrogen-bond acceptors (Lipinski definition) is 4. The van der Waals surface area contributed by atoms with Crippen LogP contribution in [0.5, 0.6) is 0 Å². The fourth-order valence-corrected chi connectivity index (χ4v) is 5.32. The van der Waals surface area contributed by atoms with Crippen LogP contribution in [-0.2, 0) is 0 Å². The van der Waals surface area contributed by atoms with Crippen LogP contribution in [0.25, 0.3) is 11.3 Å². The van der Waals surface area contributed by atoms with E-state index in [-0.39, 0.29) is 30.5 Å². The highest BCUT2D eigenvalue weighted by molar-refractivity contribution is 5.65. The number of aromatic nitrogens is 2. The van der Waals surface area contributed by atoms with Crippen molar-refractivity contribution in [2.45, 2.75) is 80.1 Å². The summed E-state index contributed by atoms with van der Waals surface area (Å²) >= 11 is 0. The van der Waals surface area contributed by atoms with Crippen molar-refractivity contribution < 1.29 is 9.50 Å². The Morgan fingerprint density at radius 3 is 2.32 bits per heavy atom. The molecule has 0 spiro atoms. The minimum atomic E-state index is -0.173. The van der Waals surface area contributed by atoms with E-state index in [9.17, 15) is 9.18 Å². The Balaban J connectivity index is 0.000000736. The van der Waals surface area contributed by atoms with Crippen molar-refractivity contribution in [2.75, 3.05) is 20.2 Å². The van der Waals surface area contributed by atoms with Crippen molar-refractivity contribution in [3.05, 3.63) is 99.7 Å². The maximum Gasteiger partial charge on any atom is 0.207 e. The van der Waals surface area contributed by atoms with Crippen LogP contribution >= 0.6 is 0 Å². The molecule has 0 bridgehead atoms. The zero-order chi connectivity index (χ0) is 29.5. The average molecular weight is 566 g/mol. The van der Waals surface area contributed by atoms with Gasteiger partial charge in [-0.25, -0.2) is 9.07 Å². The lowest BCUT2D eigenvalue weighted by Crippen LogP contribution is -2.21. The molecule has 41 heavy (non-hydrogen) atoms. The quantitative estimate of drug-likeness (QED) is 0.337. The summed E-state index contributed by atoms with van der Waals surface area (Å²) < 4.78 is 16.5. The maximum absolute atomic E-state index is 14.7. The first-order chi connectivity index (χ1) is 19.5. The van der Waals surface area contributed by atoms with Gasteiger partial charge >= 0.3 is 0 Å². The molecule has 0 amide bonds. The number of allylic oxidation sites excluding steroid dienone is 2. The fourth-order valence-electron chi connectivity index (χ4n) is 5.32. The summed E-state index contributed by atoms with van der Waals surface area (Å²) in [4.78, 5) is 12.9.